The molecular weight excluding hydrogens is 459 g/mol. The maximum atomic E-state index is 12.9. The zero-order valence-corrected chi connectivity index (χ0v) is 20.5. The molecule has 2 aromatic carbocycles. The van der Waals surface area contributed by atoms with E-state index in [0.29, 0.717) is 24.2 Å². The third-order valence-electron chi connectivity index (χ3n) is 6.74. The maximum Gasteiger partial charge on any atom is 0.176 e. The molecule has 5 nitrogen and oxygen atoms in total. The number of Topliss-reactive ketones (excluding diaryl/α,β-unsaturated/α-hetero) is 2. The second-order valence-electron chi connectivity index (χ2n) is 9.04. The molecule has 0 aliphatic carbocycles. The molecule has 33 heavy (non-hydrogen) atoms. The number of likely N-dealkylation sites (tertiary alicyclic amines) is 2. The summed E-state index contributed by atoms with van der Waals surface area (Å²) in [7, 11) is 0. The second kappa shape index (κ2) is 11.5. The molecule has 0 amide bonds. The first-order valence-corrected chi connectivity index (χ1v) is 11.6. The van der Waals surface area contributed by atoms with E-state index in [0.717, 1.165) is 48.1 Å². The van der Waals surface area contributed by atoms with Gasteiger partial charge in [0.15, 0.2) is 11.6 Å². The number of piperidine rings is 2. The second-order valence-corrected chi connectivity index (χ2v) is 9.04. The summed E-state index contributed by atoms with van der Waals surface area (Å²) in [4.78, 5) is 30.3. The molecule has 0 atom stereocenters. The number of rotatable bonds is 6. The van der Waals surface area contributed by atoms with Crippen molar-refractivity contribution >= 4 is 58.3 Å². The third-order valence-corrected chi connectivity index (χ3v) is 6.74. The summed E-state index contributed by atoms with van der Waals surface area (Å²) in [6.45, 7) is 4.97. The highest BCUT2D eigenvalue weighted by molar-refractivity contribution is 6.11. The van der Waals surface area contributed by atoms with Crippen LogP contribution in [0.1, 0.15) is 59.2 Å². The average Bonchev–Trinajstić information content (AvgIpc) is 3.17. The van der Waals surface area contributed by atoms with E-state index in [-0.39, 0.29) is 36.4 Å². The van der Waals surface area contributed by atoms with Gasteiger partial charge in [-0.1, -0.05) is 12.8 Å². The van der Waals surface area contributed by atoms with Gasteiger partial charge in [-0.15, -0.1) is 24.8 Å². The summed E-state index contributed by atoms with van der Waals surface area (Å²) < 4.78 is 5.98. The molecule has 2 saturated heterocycles. The number of halogens is 2. The van der Waals surface area contributed by atoms with Gasteiger partial charge in [0.2, 0.25) is 0 Å². The van der Waals surface area contributed by atoms with Crippen LogP contribution in [0, 0.1) is 0 Å². The van der Waals surface area contributed by atoms with E-state index >= 15 is 0 Å². The molecule has 2 fully saturated rings. The highest BCUT2D eigenvalue weighted by atomic mass is 35.5. The number of fused-ring (bicyclic) bond motifs is 3. The van der Waals surface area contributed by atoms with Crippen molar-refractivity contribution < 1.29 is 14.0 Å². The summed E-state index contributed by atoms with van der Waals surface area (Å²) in [6, 6.07) is 11.4. The van der Waals surface area contributed by atoms with E-state index in [1.54, 1.807) is 0 Å². The number of hydrogen-bond donors (Lipinski definition) is 0. The summed E-state index contributed by atoms with van der Waals surface area (Å²) in [5.41, 5.74) is 2.94. The minimum Gasteiger partial charge on any atom is -0.456 e. The van der Waals surface area contributed by atoms with Crippen LogP contribution in [-0.2, 0) is 0 Å². The summed E-state index contributed by atoms with van der Waals surface area (Å²) in [5.74, 6) is 0.297. The van der Waals surface area contributed by atoms with Gasteiger partial charge in [0.1, 0.15) is 11.2 Å². The van der Waals surface area contributed by atoms with E-state index in [1.165, 1.54) is 38.5 Å². The van der Waals surface area contributed by atoms with E-state index in [9.17, 15) is 9.59 Å². The lowest BCUT2D eigenvalue weighted by molar-refractivity contribution is 0.0908. The smallest absolute Gasteiger partial charge is 0.176 e. The van der Waals surface area contributed by atoms with E-state index in [1.807, 2.05) is 36.4 Å². The fourth-order valence-electron chi connectivity index (χ4n) is 4.95. The molecule has 0 unspecified atom stereocenters. The summed E-state index contributed by atoms with van der Waals surface area (Å²) in [6.07, 6.45) is 7.21. The standard InChI is InChI=1S/C26H30N2O3.2ClH/c29-23(17-27-11-3-1-4-12-27)19-7-9-25-21(15-19)22-16-20(8-10-26(22)31-25)24(30)18-28-13-5-2-6-14-28;;/h7-10,15-16H,1-6,11-14,17-18H2;2*1H. The van der Waals surface area contributed by atoms with Crippen LogP contribution < -0.4 is 0 Å². The number of benzene rings is 2. The third kappa shape index (κ3) is 5.78. The number of hydrogen-bond acceptors (Lipinski definition) is 5. The molecule has 0 bridgehead atoms. The largest absolute Gasteiger partial charge is 0.456 e. The average molecular weight is 491 g/mol. The Morgan fingerprint density at radius 3 is 1.42 bits per heavy atom. The Labute approximate surface area is 207 Å². The molecule has 2 aliphatic heterocycles. The van der Waals surface area contributed by atoms with Gasteiger partial charge in [0.05, 0.1) is 13.1 Å². The highest BCUT2D eigenvalue weighted by Crippen LogP contribution is 2.30. The zero-order valence-electron chi connectivity index (χ0n) is 18.9. The van der Waals surface area contributed by atoms with Gasteiger partial charge in [-0.3, -0.25) is 19.4 Å². The summed E-state index contributed by atoms with van der Waals surface area (Å²) in [5, 5.41) is 1.82. The van der Waals surface area contributed by atoms with Crippen molar-refractivity contribution in [3.8, 4) is 0 Å². The zero-order chi connectivity index (χ0) is 21.2. The van der Waals surface area contributed by atoms with Crippen LogP contribution in [0.2, 0.25) is 0 Å². The Kier molecular flexibility index (Phi) is 8.94. The molecule has 3 aromatic rings. The van der Waals surface area contributed by atoms with Crippen molar-refractivity contribution in [1.29, 1.82) is 0 Å². The quantitative estimate of drug-likeness (QED) is 0.410. The van der Waals surface area contributed by atoms with Crippen LogP contribution in [-0.4, -0.2) is 60.6 Å². The first kappa shape index (κ1) is 25.7. The van der Waals surface area contributed by atoms with Crippen LogP contribution in [0.3, 0.4) is 0 Å². The normalized spacial score (nSPS) is 17.5. The Balaban J connectivity index is 0.00000153. The van der Waals surface area contributed by atoms with Crippen molar-refractivity contribution in [2.24, 2.45) is 0 Å². The van der Waals surface area contributed by atoms with Crippen LogP contribution in [0.4, 0.5) is 0 Å². The van der Waals surface area contributed by atoms with Crippen molar-refractivity contribution in [3.05, 3.63) is 47.5 Å². The van der Waals surface area contributed by atoms with E-state index in [2.05, 4.69) is 9.80 Å². The Hall–Kier alpha value is -1.92. The molecule has 5 rings (SSSR count). The lowest BCUT2D eigenvalue weighted by Crippen LogP contribution is -2.34. The van der Waals surface area contributed by atoms with Gasteiger partial charge in [-0.05, 0) is 88.3 Å². The molecule has 0 saturated carbocycles. The molecule has 2 aliphatic rings. The minimum atomic E-state index is 0. The monoisotopic (exact) mass is 490 g/mol. The van der Waals surface area contributed by atoms with E-state index < -0.39 is 0 Å². The molecule has 0 N–H and O–H groups in total. The van der Waals surface area contributed by atoms with Crippen LogP contribution in [0.15, 0.2) is 40.8 Å². The predicted octanol–water partition coefficient (Wildman–Crippen LogP) is 5.77. The van der Waals surface area contributed by atoms with E-state index in [4.69, 9.17) is 4.42 Å². The Bertz CT molecular complexity index is 1030. The number of carbonyl (C=O) groups excluding carboxylic acids is 2. The van der Waals surface area contributed by atoms with Crippen molar-refractivity contribution in [2.75, 3.05) is 39.3 Å². The molecular formula is C26H32Cl2N2O3. The lowest BCUT2D eigenvalue weighted by Gasteiger charge is -2.25. The van der Waals surface area contributed by atoms with Gasteiger partial charge < -0.3 is 4.42 Å². The van der Waals surface area contributed by atoms with Crippen LogP contribution in [0.5, 0.6) is 0 Å². The van der Waals surface area contributed by atoms with Gasteiger partial charge >= 0.3 is 0 Å². The van der Waals surface area contributed by atoms with Gasteiger partial charge in [-0.2, -0.15) is 0 Å². The number of ketones is 2. The number of furan rings is 1. The SMILES string of the molecule is Cl.Cl.O=C(CN1CCCCC1)c1ccc2oc3ccc(C(=O)CN4CCCCC4)cc3c2c1. The first-order valence-electron chi connectivity index (χ1n) is 11.6. The van der Waals surface area contributed by atoms with Gasteiger partial charge in [-0.25, -0.2) is 0 Å². The molecule has 1 aromatic heterocycles. The minimum absolute atomic E-state index is 0. The van der Waals surface area contributed by atoms with Crippen molar-refractivity contribution in [2.45, 2.75) is 38.5 Å². The first-order chi connectivity index (χ1) is 15.2. The van der Waals surface area contributed by atoms with Crippen LogP contribution >= 0.6 is 24.8 Å². The molecule has 3 heterocycles. The maximum absolute atomic E-state index is 12.9. The topological polar surface area (TPSA) is 53.8 Å². The predicted molar refractivity (Wildman–Crippen MR) is 137 cm³/mol. The van der Waals surface area contributed by atoms with Gasteiger partial charge in [0, 0.05) is 21.9 Å². The highest BCUT2D eigenvalue weighted by Gasteiger charge is 2.19. The Morgan fingerprint density at radius 1 is 0.636 bits per heavy atom. The molecule has 7 heteroatoms. The molecule has 0 spiro atoms. The number of carbonyl (C=O) groups is 2. The Morgan fingerprint density at radius 2 is 1.03 bits per heavy atom. The lowest BCUT2D eigenvalue weighted by atomic mass is 10.0. The summed E-state index contributed by atoms with van der Waals surface area (Å²) >= 11 is 0. The number of nitrogens with zero attached hydrogens (tertiary/aromatic N) is 2. The van der Waals surface area contributed by atoms with Crippen molar-refractivity contribution in [1.82, 2.24) is 9.80 Å². The fourth-order valence-corrected chi connectivity index (χ4v) is 4.95. The van der Waals surface area contributed by atoms with Gasteiger partial charge in [0.25, 0.3) is 0 Å². The fraction of sp³-hybridized carbons (Fsp3) is 0.462. The van der Waals surface area contributed by atoms with Crippen molar-refractivity contribution in [3.63, 3.8) is 0 Å². The van der Waals surface area contributed by atoms with Crippen LogP contribution in [0.25, 0.3) is 21.9 Å². The molecule has 178 valence electrons. The molecule has 0 radical (unpaired) electrons.